The predicted molar refractivity (Wildman–Crippen MR) is 130 cm³/mol. The summed E-state index contributed by atoms with van der Waals surface area (Å²) in [5.41, 5.74) is 3.34. The van der Waals surface area contributed by atoms with E-state index in [0.717, 1.165) is 17.8 Å². The fourth-order valence-electron chi connectivity index (χ4n) is 4.18. The molecule has 2 aliphatic heterocycles. The van der Waals surface area contributed by atoms with E-state index in [1.807, 2.05) is 54.6 Å². The maximum Gasteiger partial charge on any atom is 0.256 e. The van der Waals surface area contributed by atoms with Crippen molar-refractivity contribution in [2.24, 2.45) is 10.2 Å². The number of hydrogen-bond donors (Lipinski definition) is 1. The molecule has 2 aliphatic rings. The van der Waals surface area contributed by atoms with E-state index >= 15 is 0 Å². The number of hydrogen-bond acceptors (Lipinski definition) is 6. The van der Waals surface area contributed by atoms with Gasteiger partial charge in [0, 0.05) is 24.3 Å². The van der Waals surface area contributed by atoms with Crippen molar-refractivity contribution >= 4 is 46.2 Å². The lowest BCUT2D eigenvalue weighted by molar-refractivity contribution is -0.121. The Morgan fingerprint density at radius 2 is 1.50 bits per heavy atom. The predicted octanol–water partition coefficient (Wildman–Crippen LogP) is 4.97. The van der Waals surface area contributed by atoms with Crippen LogP contribution in [0.2, 0.25) is 0 Å². The Kier molecular flexibility index (Phi) is 5.86. The number of anilines is 3. The van der Waals surface area contributed by atoms with Crippen LogP contribution in [-0.2, 0) is 14.4 Å². The van der Waals surface area contributed by atoms with Gasteiger partial charge in [-0.15, -0.1) is 0 Å². The van der Waals surface area contributed by atoms with Crippen LogP contribution in [0.25, 0.3) is 0 Å². The first-order chi connectivity index (χ1) is 16.6. The van der Waals surface area contributed by atoms with Crippen LogP contribution in [0.4, 0.5) is 28.4 Å². The number of azo groups is 1. The summed E-state index contributed by atoms with van der Waals surface area (Å²) in [5.74, 6) is -0.486. The van der Waals surface area contributed by atoms with Crippen LogP contribution in [0.5, 0.6) is 0 Å². The highest BCUT2D eigenvalue weighted by Crippen LogP contribution is 2.29. The van der Waals surface area contributed by atoms with Gasteiger partial charge in [0.25, 0.3) is 5.91 Å². The van der Waals surface area contributed by atoms with Crippen LogP contribution in [0.1, 0.15) is 19.3 Å². The maximum atomic E-state index is 13.0. The molecule has 0 saturated carbocycles. The van der Waals surface area contributed by atoms with E-state index in [1.165, 1.54) is 4.90 Å². The van der Waals surface area contributed by atoms with Crippen molar-refractivity contribution in [2.45, 2.75) is 25.3 Å². The van der Waals surface area contributed by atoms with Crippen molar-refractivity contribution in [2.75, 3.05) is 21.7 Å². The molecule has 5 rings (SSSR count). The van der Waals surface area contributed by atoms with Gasteiger partial charge >= 0.3 is 0 Å². The summed E-state index contributed by atoms with van der Waals surface area (Å²) in [6, 6.07) is 22.9. The van der Waals surface area contributed by atoms with Crippen molar-refractivity contribution in [3.8, 4) is 0 Å². The fourth-order valence-corrected chi connectivity index (χ4v) is 4.18. The van der Waals surface area contributed by atoms with Crippen LogP contribution in [0.15, 0.2) is 89.1 Å². The van der Waals surface area contributed by atoms with Crippen LogP contribution in [0.3, 0.4) is 0 Å². The second kappa shape index (κ2) is 9.27. The number of rotatable bonds is 6. The standard InChI is InChI=1S/C26H23N5O3/c32-24-10-5-15-30(24)22-9-4-8-20(16-22)27-23-17-25(33)31(26(23)34)21-13-11-19(12-14-21)29-28-18-6-2-1-3-7-18/h1-4,6-9,11-14,16,23,27H,5,10,15,17H2. The third kappa shape index (κ3) is 4.43. The third-order valence-electron chi connectivity index (χ3n) is 5.86. The van der Waals surface area contributed by atoms with Gasteiger partial charge in [0.1, 0.15) is 6.04 Å². The Labute approximate surface area is 196 Å². The van der Waals surface area contributed by atoms with Crippen LogP contribution in [0, 0.1) is 0 Å². The highest BCUT2D eigenvalue weighted by molar-refractivity contribution is 6.23. The van der Waals surface area contributed by atoms with Crippen molar-refractivity contribution in [1.29, 1.82) is 0 Å². The lowest BCUT2D eigenvalue weighted by Gasteiger charge is -2.19. The van der Waals surface area contributed by atoms with E-state index in [-0.39, 0.29) is 24.1 Å². The first-order valence-corrected chi connectivity index (χ1v) is 11.2. The molecule has 3 aromatic carbocycles. The molecule has 0 aromatic heterocycles. The molecule has 3 aromatic rings. The monoisotopic (exact) mass is 453 g/mol. The molecule has 0 bridgehead atoms. The SMILES string of the molecule is O=C1CCCN1c1cccc(NC2CC(=O)N(c3ccc(N=Nc4ccccc4)cc3)C2=O)c1. The number of imide groups is 1. The average Bonchev–Trinajstić information content (AvgIpc) is 3.41. The summed E-state index contributed by atoms with van der Waals surface area (Å²) < 4.78 is 0. The summed E-state index contributed by atoms with van der Waals surface area (Å²) in [6.45, 7) is 0.692. The molecule has 0 radical (unpaired) electrons. The van der Waals surface area contributed by atoms with Gasteiger partial charge in [-0.25, -0.2) is 4.90 Å². The summed E-state index contributed by atoms with van der Waals surface area (Å²) in [6.07, 6.45) is 1.45. The van der Waals surface area contributed by atoms with Gasteiger partial charge in [0.05, 0.1) is 23.5 Å². The maximum absolute atomic E-state index is 13.0. The summed E-state index contributed by atoms with van der Waals surface area (Å²) in [4.78, 5) is 40.7. The minimum Gasteiger partial charge on any atom is -0.373 e. The molecule has 3 amide bonds. The smallest absolute Gasteiger partial charge is 0.256 e. The van der Waals surface area contributed by atoms with Crippen LogP contribution in [-0.4, -0.2) is 30.3 Å². The zero-order valence-corrected chi connectivity index (χ0v) is 18.4. The molecule has 2 heterocycles. The van der Waals surface area contributed by atoms with Crippen molar-refractivity contribution < 1.29 is 14.4 Å². The van der Waals surface area contributed by atoms with Gasteiger partial charge in [-0.3, -0.25) is 14.4 Å². The zero-order valence-electron chi connectivity index (χ0n) is 18.4. The molecule has 170 valence electrons. The largest absolute Gasteiger partial charge is 0.373 e. The Hall–Kier alpha value is -4.33. The molecule has 8 heteroatoms. The highest BCUT2D eigenvalue weighted by Gasteiger charge is 2.39. The molecule has 0 aliphatic carbocycles. The second-order valence-corrected chi connectivity index (χ2v) is 8.22. The molecule has 8 nitrogen and oxygen atoms in total. The number of benzene rings is 3. The number of nitrogens with one attached hydrogen (secondary N) is 1. The van der Waals surface area contributed by atoms with E-state index in [9.17, 15) is 14.4 Å². The number of amides is 3. The average molecular weight is 454 g/mol. The lowest BCUT2D eigenvalue weighted by Crippen LogP contribution is -2.34. The Morgan fingerprint density at radius 1 is 0.765 bits per heavy atom. The van der Waals surface area contributed by atoms with Crippen molar-refractivity contribution in [3.63, 3.8) is 0 Å². The summed E-state index contributed by atoms with van der Waals surface area (Å²) in [7, 11) is 0. The summed E-state index contributed by atoms with van der Waals surface area (Å²) >= 11 is 0. The molecular formula is C26H23N5O3. The zero-order chi connectivity index (χ0) is 23.5. The Bertz CT molecular complexity index is 1260. The molecule has 1 atom stereocenters. The number of nitrogens with zero attached hydrogens (tertiary/aromatic N) is 4. The van der Waals surface area contributed by atoms with E-state index in [1.54, 1.807) is 29.2 Å². The van der Waals surface area contributed by atoms with E-state index in [2.05, 4.69) is 15.5 Å². The van der Waals surface area contributed by atoms with Gasteiger partial charge in [0.15, 0.2) is 0 Å². The fraction of sp³-hybridized carbons (Fsp3) is 0.192. The first kappa shape index (κ1) is 21.5. The molecule has 2 saturated heterocycles. The molecule has 1 unspecified atom stereocenters. The number of carbonyl (C=O) groups excluding carboxylic acids is 3. The molecule has 0 spiro atoms. The summed E-state index contributed by atoms with van der Waals surface area (Å²) in [5, 5.41) is 11.5. The number of carbonyl (C=O) groups is 3. The van der Waals surface area contributed by atoms with Crippen LogP contribution < -0.4 is 15.1 Å². The molecule has 1 N–H and O–H groups in total. The van der Waals surface area contributed by atoms with Crippen molar-refractivity contribution in [3.05, 3.63) is 78.9 Å². The van der Waals surface area contributed by atoms with Gasteiger partial charge in [-0.2, -0.15) is 10.2 Å². The molecule has 34 heavy (non-hydrogen) atoms. The van der Waals surface area contributed by atoms with Gasteiger partial charge in [0.2, 0.25) is 11.8 Å². The molecule has 2 fully saturated rings. The lowest BCUT2D eigenvalue weighted by atomic mass is 10.2. The first-order valence-electron chi connectivity index (χ1n) is 11.2. The normalized spacial score (nSPS) is 18.4. The Morgan fingerprint density at radius 3 is 2.21 bits per heavy atom. The minimum atomic E-state index is -0.672. The second-order valence-electron chi connectivity index (χ2n) is 8.22. The topological polar surface area (TPSA) is 94.4 Å². The van der Waals surface area contributed by atoms with Crippen molar-refractivity contribution in [1.82, 2.24) is 0 Å². The van der Waals surface area contributed by atoms with Gasteiger partial charge < -0.3 is 10.2 Å². The molecular weight excluding hydrogens is 430 g/mol. The quantitative estimate of drug-likeness (QED) is 0.421. The van der Waals surface area contributed by atoms with E-state index < -0.39 is 6.04 Å². The minimum absolute atomic E-state index is 0.0567. The Balaban J connectivity index is 1.27. The van der Waals surface area contributed by atoms with Gasteiger partial charge in [-0.1, -0.05) is 24.3 Å². The van der Waals surface area contributed by atoms with E-state index in [0.29, 0.717) is 30.0 Å². The van der Waals surface area contributed by atoms with Crippen LogP contribution >= 0.6 is 0 Å². The van der Waals surface area contributed by atoms with E-state index in [4.69, 9.17) is 0 Å². The highest BCUT2D eigenvalue weighted by atomic mass is 16.2. The third-order valence-corrected chi connectivity index (χ3v) is 5.86. The van der Waals surface area contributed by atoms with Gasteiger partial charge in [-0.05, 0) is 61.0 Å².